The molecule has 0 spiro atoms. The molecule has 2 aromatic rings. The smallest absolute Gasteiger partial charge is 0.438 e. The molecule has 0 unspecified atom stereocenters. The Balaban J connectivity index is 0.000000187. The molecule has 0 bridgehead atoms. The molecule has 0 aliphatic carbocycles. The van der Waals surface area contributed by atoms with Gasteiger partial charge in [0, 0.05) is 21.6 Å². The molecule has 0 fully saturated rings. The predicted molar refractivity (Wildman–Crippen MR) is 65.4 cm³/mol. The Bertz CT molecular complexity index is 461. The minimum Gasteiger partial charge on any atom is -0.438 e. The molecule has 1 heterocycles. The van der Waals surface area contributed by atoms with Crippen molar-refractivity contribution in [2.75, 3.05) is 14.2 Å². The minimum atomic E-state index is -0.657. The lowest BCUT2D eigenvalue weighted by molar-refractivity contribution is 0.0924. The van der Waals surface area contributed by atoms with Gasteiger partial charge in [0.05, 0.1) is 14.2 Å². The molecule has 16 heavy (non-hydrogen) atoms. The lowest BCUT2D eigenvalue weighted by Gasteiger charge is -1.89. The van der Waals surface area contributed by atoms with Gasteiger partial charge < -0.3 is 14.5 Å². The first-order valence-electron chi connectivity index (χ1n) is 4.52. The van der Waals surface area contributed by atoms with Crippen molar-refractivity contribution in [3.8, 4) is 0 Å². The number of hydrogen-bond acceptors (Lipinski definition) is 3. The third-order valence-electron chi connectivity index (χ3n) is 1.85. The number of methoxy groups -OCH3 is 2. The van der Waals surface area contributed by atoms with Crippen LogP contribution in [-0.4, -0.2) is 25.4 Å². The molecular weight excluding hydrogens is 274 g/mol. The van der Waals surface area contributed by atoms with Gasteiger partial charge in [-0.1, -0.05) is 15.9 Å². The van der Waals surface area contributed by atoms with Crippen molar-refractivity contribution >= 4 is 33.0 Å². The van der Waals surface area contributed by atoms with Crippen LogP contribution in [0.15, 0.2) is 34.9 Å². The number of hydrogen-bond donors (Lipinski definition) is 1. The summed E-state index contributed by atoms with van der Waals surface area (Å²) >= 11 is 3.40. The number of ether oxygens (including phenoxy) is 2. The quantitative estimate of drug-likeness (QED) is 0.756. The summed E-state index contributed by atoms with van der Waals surface area (Å²) in [7, 11) is 2.51. The summed E-state index contributed by atoms with van der Waals surface area (Å²) in [4.78, 5) is 12.9. The monoisotopic (exact) mass is 285 g/mol. The summed E-state index contributed by atoms with van der Waals surface area (Å²) in [5.41, 5.74) is 1.18. The fourth-order valence-corrected chi connectivity index (χ4v) is 1.49. The molecule has 5 heteroatoms. The number of fused-ring (bicyclic) bond motifs is 1. The minimum absolute atomic E-state index is 0.657. The van der Waals surface area contributed by atoms with E-state index in [2.05, 4.69) is 48.6 Å². The van der Waals surface area contributed by atoms with Gasteiger partial charge in [-0.3, -0.25) is 0 Å². The second-order valence-electron chi connectivity index (χ2n) is 2.87. The van der Waals surface area contributed by atoms with Crippen LogP contribution in [0.3, 0.4) is 0 Å². The number of rotatable bonds is 0. The van der Waals surface area contributed by atoms with Crippen LogP contribution >= 0.6 is 15.9 Å². The molecule has 0 atom stereocenters. The molecule has 0 aliphatic rings. The lowest BCUT2D eigenvalue weighted by Crippen LogP contribution is -1.97. The fraction of sp³-hybridized carbons (Fsp3) is 0.182. The van der Waals surface area contributed by atoms with Gasteiger partial charge in [-0.25, -0.2) is 4.79 Å². The standard InChI is InChI=1S/C8H6BrN.C3H6O3/c9-7-1-2-8-6(5-7)3-4-10-8;1-5-3(4)6-2/h1-5,10H;1-2H3. The van der Waals surface area contributed by atoms with Crippen molar-refractivity contribution in [2.45, 2.75) is 0 Å². The Morgan fingerprint density at radius 3 is 2.50 bits per heavy atom. The summed E-state index contributed by atoms with van der Waals surface area (Å²) < 4.78 is 9.20. The molecule has 0 radical (unpaired) electrons. The highest BCUT2D eigenvalue weighted by Crippen LogP contribution is 2.17. The lowest BCUT2D eigenvalue weighted by atomic mass is 10.3. The molecule has 2 rings (SSSR count). The van der Waals surface area contributed by atoms with Crippen molar-refractivity contribution in [2.24, 2.45) is 0 Å². The number of aromatic amines is 1. The second kappa shape index (κ2) is 6.17. The zero-order valence-electron chi connectivity index (χ0n) is 8.99. The first-order valence-corrected chi connectivity index (χ1v) is 5.31. The van der Waals surface area contributed by atoms with E-state index in [-0.39, 0.29) is 0 Å². The number of nitrogens with one attached hydrogen (secondary N) is 1. The summed E-state index contributed by atoms with van der Waals surface area (Å²) in [5, 5.41) is 1.24. The van der Waals surface area contributed by atoms with Gasteiger partial charge >= 0.3 is 6.16 Å². The number of benzene rings is 1. The van der Waals surface area contributed by atoms with Crippen LogP contribution in [0.5, 0.6) is 0 Å². The Hall–Kier alpha value is -1.49. The van der Waals surface area contributed by atoms with E-state index in [9.17, 15) is 4.79 Å². The van der Waals surface area contributed by atoms with Crippen LogP contribution in [-0.2, 0) is 9.47 Å². The van der Waals surface area contributed by atoms with Crippen LogP contribution in [0.4, 0.5) is 4.79 Å². The van der Waals surface area contributed by atoms with E-state index in [1.807, 2.05) is 12.3 Å². The van der Waals surface area contributed by atoms with Crippen LogP contribution in [0, 0.1) is 0 Å². The zero-order chi connectivity index (χ0) is 12.0. The molecule has 1 N–H and O–H groups in total. The van der Waals surface area contributed by atoms with Crippen LogP contribution in [0.2, 0.25) is 0 Å². The maximum atomic E-state index is 9.74. The van der Waals surface area contributed by atoms with E-state index in [4.69, 9.17) is 0 Å². The van der Waals surface area contributed by atoms with E-state index < -0.39 is 6.16 Å². The van der Waals surface area contributed by atoms with Gasteiger partial charge in [0.2, 0.25) is 0 Å². The van der Waals surface area contributed by atoms with E-state index in [0.29, 0.717) is 0 Å². The molecule has 0 amide bonds. The van der Waals surface area contributed by atoms with Crippen molar-refractivity contribution in [3.05, 3.63) is 34.9 Å². The molecule has 0 aliphatic heterocycles. The summed E-state index contributed by atoms with van der Waals surface area (Å²) in [6.07, 6.45) is 1.28. The van der Waals surface area contributed by atoms with Gasteiger partial charge in [-0.2, -0.15) is 0 Å². The Kier molecular flexibility index (Phi) is 4.85. The van der Waals surface area contributed by atoms with Gasteiger partial charge in [0.1, 0.15) is 0 Å². The summed E-state index contributed by atoms with van der Waals surface area (Å²) in [6, 6.07) is 8.23. The Labute approximate surface area is 102 Å². The van der Waals surface area contributed by atoms with Crippen LogP contribution < -0.4 is 0 Å². The molecule has 1 aromatic heterocycles. The largest absolute Gasteiger partial charge is 0.507 e. The van der Waals surface area contributed by atoms with E-state index >= 15 is 0 Å². The SMILES string of the molecule is Brc1ccc2[nH]ccc2c1.COC(=O)OC. The fourth-order valence-electron chi connectivity index (χ4n) is 1.11. The maximum Gasteiger partial charge on any atom is 0.507 e. The van der Waals surface area contributed by atoms with E-state index in [1.165, 1.54) is 25.1 Å². The highest BCUT2D eigenvalue weighted by molar-refractivity contribution is 9.10. The number of carbonyl (C=O) groups is 1. The van der Waals surface area contributed by atoms with E-state index in [0.717, 1.165) is 4.47 Å². The number of aromatic nitrogens is 1. The first-order chi connectivity index (χ1) is 7.67. The van der Waals surface area contributed by atoms with E-state index in [1.54, 1.807) is 0 Å². The predicted octanol–water partition coefficient (Wildman–Crippen LogP) is 3.33. The van der Waals surface area contributed by atoms with Gasteiger partial charge in [-0.05, 0) is 24.3 Å². The Morgan fingerprint density at radius 2 is 1.94 bits per heavy atom. The van der Waals surface area contributed by atoms with Crippen LogP contribution in [0.1, 0.15) is 0 Å². The molecular formula is C11H12BrNO3. The van der Waals surface area contributed by atoms with Crippen molar-refractivity contribution in [1.82, 2.24) is 4.98 Å². The normalized spacial score (nSPS) is 9.19. The third kappa shape index (κ3) is 3.58. The molecule has 0 saturated heterocycles. The highest BCUT2D eigenvalue weighted by Gasteiger charge is 1.92. The number of carbonyl (C=O) groups excluding carboxylic acids is 1. The summed E-state index contributed by atoms with van der Waals surface area (Å²) in [5.74, 6) is 0. The average Bonchev–Trinajstić information content (AvgIpc) is 2.75. The number of halogens is 1. The van der Waals surface area contributed by atoms with Crippen molar-refractivity contribution in [3.63, 3.8) is 0 Å². The topological polar surface area (TPSA) is 51.3 Å². The van der Waals surface area contributed by atoms with Gasteiger partial charge in [0.15, 0.2) is 0 Å². The maximum absolute atomic E-state index is 9.74. The zero-order valence-corrected chi connectivity index (χ0v) is 10.6. The third-order valence-corrected chi connectivity index (χ3v) is 2.34. The van der Waals surface area contributed by atoms with Crippen LogP contribution in [0.25, 0.3) is 10.9 Å². The summed E-state index contributed by atoms with van der Waals surface area (Å²) in [6.45, 7) is 0. The molecule has 0 saturated carbocycles. The first kappa shape index (κ1) is 12.6. The van der Waals surface area contributed by atoms with Gasteiger partial charge in [-0.15, -0.1) is 0 Å². The average molecular weight is 286 g/mol. The second-order valence-corrected chi connectivity index (χ2v) is 3.78. The van der Waals surface area contributed by atoms with Crippen molar-refractivity contribution < 1.29 is 14.3 Å². The molecule has 86 valence electrons. The van der Waals surface area contributed by atoms with Gasteiger partial charge in [0.25, 0.3) is 0 Å². The Morgan fingerprint density at radius 1 is 1.25 bits per heavy atom. The molecule has 4 nitrogen and oxygen atoms in total. The highest BCUT2D eigenvalue weighted by atomic mass is 79.9. The molecule has 1 aromatic carbocycles. The number of H-pyrrole nitrogens is 1. The van der Waals surface area contributed by atoms with Crippen molar-refractivity contribution in [1.29, 1.82) is 0 Å².